The van der Waals surface area contributed by atoms with E-state index in [2.05, 4.69) is 10.6 Å². The van der Waals surface area contributed by atoms with E-state index < -0.39 is 5.97 Å². The van der Waals surface area contributed by atoms with Crippen LogP contribution >= 0.6 is 22.7 Å². The van der Waals surface area contributed by atoms with Crippen LogP contribution in [0.5, 0.6) is 0 Å². The normalized spacial score (nSPS) is 10.1. The van der Waals surface area contributed by atoms with Crippen LogP contribution in [0.4, 0.5) is 5.00 Å². The van der Waals surface area contributed by atoms with E-state index in [0.717, 1.165) is 11.3 Å². The van der Waals surface area contributed by atoms with Gasteiger partial charge in [-0.05, 0) is 23.6 Å². The third kappa shape index (κ3) is 4.40. The minimum Gasteiger partial charge on any atom is -0.477 e. The molecule has 0 fully saturated rings. The molecule has 0 aliphatic carbocycles. The molecule has 2 aromatic rings. The molecule has 0 saturated carbocycles. The summed E-state index contributed by atoms with van der Waals surface area (Å²) in [5.74, 6) is -1.52. The molecule has 0 bridgehead atoms. The zero-order valence-corrected chi connectivity index (χ0v) is 12.4. The molecule has 0 atom stereocenters. The standard InChI is InChI=1S/C13H12N2O4S2/c16-10(15-11-2-1-9(21-11)13(18)19)3-5-14-12(17)8-4-6-20-7-8/h1-2,4,6-7H,3,5H2,(H,14,17)(H,15,16)(H,18,19). The van der Waals surface area contributed by atoms with Crippen molar-refractivity contribution in [2.75, 3.05) is 11.9 Å². The summed E-state index contributed by atoms with van der Waals surface area (Å²) in [6.45, 7) is 0.220. The zero-order chi connectivity index (χ0) is 15.2. The van der Waals surface area contributed by atoms with Gasteiger partial charge in [0.05, 0.1) is 5.00 Å². The van der Waals surface area contributed by atoms with Gasteiger partial charge < -0.3 is 15.7 Å². The summed E-state index contributed by atoms with van der Waals surface area (Å²) in [5, 5.41) is 18.0. The summed E-state index contributed by atoms with van der Waals surface area (Å²) in [6, 6.07) is 4.68. The molecule has 2 rings (SSSR count). The van der Waals surface area contributed by atoms with Crippen LogP contribution in [-0.2, 0) is 4.79 Å². The second-order valence-corrected chi connectivity index (χ2v) is 5.90. The number of hydrogen-bond acceptors (Lipinski definition) is 5. The first-order valence-electron chi connectivity index (χ1n) is 5.99. The Bertz CT molecular complexity index is 649. The molecule has 2 heterocycles. The van der Waals surface area contributed by atoms with Crippen molar-refractivity contribution in [3.63, 3.8) is 0 Å². The quantitative estimate of drug-likeness (QED) is 0.759. The number of anilines is 1. The number of carbonyl (C=O) groups is 3. The maximum Gasteiger partial charge on any atom is 0.345 e. The lowest BCUT2D eigenvalue weighted by atomic mass is 10.3. The van der Waals surface area contributed by atoms with Gasteiger partial charge in [0.25, 0.3) is 5.91 Å². The summed E-state index contributed by atoms with van der Waals surface area (Å²) < 4.78 is 0. The molecule has 2 amide bonds. The lowest BCUT2D eigenvalue weighted by Gasteiger charge is -2.04. The van der Waals surface area contributed by atoms with Crippen LogP contribution in [0, 0.1) is 0 Å². The second kappa shape index (κ2) is 7.00. The molecular formula is C13H12N2O4S2. The first-order valence-corrected chi connectivity index (χ1v) is 7.75. The predicted octanol–water partition coefficient (Wildman–Crippen LogP) is 2.27. The van der Waals surface area contributed by atoms with Crippen LogP contribution in [-0.4, -0.2) is 29.4 Å². The van der Waals surface area contributed by atoms with Crippen molar-refractivity contribution in [2.24, 2.45) is 0 Å². The first kappa shape index (κ1) is 15.2. The van der Waals surface area contributed by atoms with E-state index in [1.807, 2.05) is 0 Å². The highest BCUT2D eigenvalue weighted by molar-refractivity contribution is 7.18. The van der Waals surface area contributed by atoms with Crippen LogP contribution in [0.1, 0.15) is 26.5 Å². The Hall–Kier alpha value is -2.19. The number of amides is 2. The number of carboxylic acids is 1. The largest absolute Gasteiger partial charge is 0.477 e. The molecule has 0 aliphatic heterocycles. The van der Waals surface area contributed by atoms with Gasteiger partial charge in [-0.2, -0.15) is 11.3 Å². The third-order valence-electron chi connectivity index (χ3n) is 2.50. The molecule has 0 aliphatic rings. The van der Waals surface area contributed by atoms with Gasteiger partial charge in [-0.3, -0.25) is 9.59 Å². The van der Waals surface area contributed by atoms with Gasteiger partial charge in [0, 0.05) is 23.9 Å². The molecule has 110 valence electrons. The maximum atomic E-state index is 11.7. The first-order chi connectivity index (χ1) is 10.1. The zero-order valence-electron chi connectivity index (χ0n) is 10.8. The molecule has 21 heavy (non-hydrogen) atoms. The van der Waals surface area contributed by atoms with Gasteiger partial charge in [0.2, 0.25) is 5.91 Å². The summed E-state index contributed by atoms with van der Waals surface area (Å²) in [6.07, 6.45) is 0.121. The molecule has 0 spiro atoms. The highest BCUT2D eigenvalue weighted by Gasteiger charge is 2.10. The highest BCUT2D eigenvalue weighted by Crippen LogP contribution is 2.21. The molecule has 2 aromatic heterocycles. The van der Waals surface area contributed by atoms with Gasteiger partial charge in [0.15, 0.2) is 0 Å². The topological polar surface area (TPSA) is 95.5 Å². The van der Waals surface area contributed by atoms with Crippen molar-refractivity contribution in [1.29, 1.82) is 0 Å². The van der Waals surface area contributed by atoms with E-state index in [-0.39, 0.29) is 29.7 Å². The van der Waals surface area contributed by atoms with E-state index in [9.17, 15) is 14.4 Å². The fraction of sp³-hybridized carbons (Fsp3) is 0.154. The number of carboxylic acid groups (broad SMARTS) is 1. The SMILES string of the molecule is O=C(CCNC(=O)c1ccsc1)Nc1ccc(C(=O)O)s1. The monoisotopic (exact) mass is 324 g/mol. The Balaban J connectivity index is 1.74. The lowest BCUT2D eigenvalue weighted by Crippen LogP contribution is -2.27. The van der Waals surface area contributed by atoms with Gasteiger partial charge in [0.1, 0.15) is 4.88 Å². The fourth-order valence-electron chi connectivity index (χ4n) is 1.51. The van der Waals surface area contributed by atoms with Crippen molar-refractivity contribution in [3.05, 3.63) is 39.4 Å². The van der Waals surface area contributed by atoms with Gasteiger partial charge in [-0.1, -0.05) is 0 Å². The van der Waals surface area contributed by atoms with E-state index in [0.29, 0.717) is 10.6 Å². The number of hydrogen-bond donors (Lipinski definition) is 3. The van der Waals surface area contributed by atoms with E-state index in [4.69, 9.17) is 5.11 Å². The summed E-state index contributed by atoms with van der Waals surface area (Å²) in [5.41, 5.74) is 0.574. The minimum absolute atomic E-state index is 0.121. The Morgan fingerprint density at radius 3 is 2.62 bits per heavy atom. The van der Waals surface area contributed by atoms with Crippen LogP contribution in [0.25, 0.3) is 0 Å². The van der Waals surface area contributed by atoms with Crippen LogP contribution in [0.15, 0.2) is 29.0 Å². The molecular weight excluding hydrogens is 312 g/mol. The third-order valence-corrected chi connectivity index (χ3v) is 4.17. The van der Waals surface area contributed by atoms with Gasteiger partial charge in [-0.25, -0.2) is 4.79 Å². The Morgan fingerprint density at radius 2 is 2.00 bits per heavy atom. The summed E-state index contributed by atoms with van der Waals surface area (Å²) in [7, 11) is 0. The number of aromatic carboxylic acids is 1. The number of thiophene rings is 2. The van der Waals surface area contributed by atoms with Gasteiger partial charge >= 0.3 is 5.97 Å². The second-order valence-electron chi connectivity index (χ2n) is 4.04. The summed E-state index contributed by atoms with van der Waals surface area (Å²) >= 11 is 2.42. The molecule has 0 unspecified atom stereocenters. The molecule has 6 nitrogen and oxygen atoms in total. The molecule has 3 N–H and O–H groups in total. The van der Waals surface area contributed by atoms with Crippen molar-refractivity contribution in [2.45, 2.75) is 6.42 Å². The van der Waals surface area contributed by atoms with E-state index in [1.54, 1.807) is 16.8 Å². The lowest BCUT2D eigenvalue weighted by molar-refractivity contribution is -0.116. The van der Waals surface area contributed by atoms with E-state index in [1.165, 1.54) is 23.5 Å². The van der Waals surface area contributed by atoms with Crippen molar-refractivity contribution < 1.29 is 19.5 Å². The Kier molecular flexibility index (Phi) is 5.07. The van der Waals surface area contributed by atoms with Crippen molar-refractivity contribution in [3.8, 4) is 0 Å². The summed E-state index contributed by atoms with van der Waals surface area (Å²) in [4.78, 5) is 34.2. The fourth-order valence-corrected chi connectivity index (χ4v) is 2.90. The number of rotatable bonds is 6. The smallest absolute Gasteiger partial charge is 0.345 e. The predicted molar refractivity (Wildman–Crippen MR) is 81.2 cm³/mol. The van der Waals surface area contributed by atoms with Crippen LogP contribution in [0.3, 0.4) is 0 Å². The molecule has 8 heteroatoms. The minimum atomic E-state index is -1.02. The van der Waals surface area contributed by atoms with E-state index >= 15 is 0 Å². The maximum absolute atomic E-state index is 11.7. The van der Waals surface area contributed by atoms with Crippen molar-refractivity contribution >= 4 is 45.5 Å². The molecule has 0 aromatic carbocycles. The van der Waals surface area contributed by atoms with Crippen LogP contribution in [0.2, 0.25) is 0 Å². The molecule has 0 radical (unpaired) electrons. The average molecular weight is 324 g/mol. The van der Waals surface area contributed by atoms with Gasteiger partial charge in [-0.15, -0.1) is 11.3 Å². The number of nitrogens with one attached hydrogen (secondary N) is 2. The number of carbonyl (C=O) groups excluding carboxylic acids is 2. The van der Waals surface area contributed by atoms with Crippen LogP contribution < -0.4 is 10.6 Å². The Labute approximate surface area is 128 Å². The molecule has 0 saturated heterocycles. The van der Waals surface area contributed by atoms with Crippen molar-refractivity contribution in [1.82, 2.24) is 5.32 Å². The highest BCUT2D eigenvalue weighted by atomic mass is 32.1. The Morgan fingerprint density at radius 1 is 1.19 bits per heavy atom. The average Bonchev–Trinajstić information content (AvgIpc) is 3.09.